The number of para-hydroxylation sites is 1. The van der Waals surface area contributed by atoms with Crippen LogP contribution >= 0.6 is 27.5 Å². The second-order valence-electron chi connectivity index (χ2n) is 4.30. The molecule has 0 aliphatic rings. The van der Waals surface area contributed by atoms with Gasteiger partial charge in [0, 0.05) is 5.33 Å². The summed E-state index contributed by atoms with van der Waals surface area (Å²) in [5.41, 5.74) is 0.934. The molecule has 0 unspecified atom stereocenters. The minimum absolute atomic E-state index is 0.124. The van der Waals surface area contributed by atoms with Crippen LogP contribution in [0.4, 0.5) is 4.39 Å². The molecule has 2 aromatic carbocycles. The lowest BCUT2D eigenvalue weighted by Gasteiger charge is -2.14. The summed E-state index contributed by atoms with van der Waals surface area (Å²) in [5, 5.41) is 0.558. The van der Waals surface area contributed by atoms with Crippen molar-refractivity contribution in [2.75, 3.05) is 6.61 Å². The molecule has 22 heavy (non-hydrogen) atoms. The first-order chi connectivity index (χ1) is 10.6. The molecule has 0 bridgehead atoms. The quantitative estimate of drug-likeness (QED) is 0.513. The molecule has 0 fully saturated rings. The van der Waals surface area contributed by atoms with E-state index < -0.39 is 11.8 Å². The fourth-order valence-corrected chi connectivity index (χ4v) is 2.57. The number of hydrogen-bond donors (Lipinski definition) is 0. The average molecular weight is 388 g/mol. The van der Waals surface area contributed by atoms with Gasteiger partial charge < -0.3 is 9.47 Å². The third-order valence-corrected chi connectivity index (χ3v) is 3.77. The van der Waals surface area contributed by atoms with Gasteiger partial charge in [-0.3, -0.25) is 0 Å². The summed E-state index contributed by atoms with van der Waals surface area (Å²) < 4.78 is 24.5. The Hall–Kier alpha value is -1.59. The van der Waals surface area contributed by atoms with Gasteiger partial charge in [-0.05, 0) is 30.7 Å². The van der Waals surface area contributed by atoms with Crippen molar-refractivity contribution in [2.24, 2.45) is 0 Å². The third-order valence-electron chi connectivity index (χ3n) is 2.87. The molecule has 0 amide bonds. The minimum atomic E-state index is -0.605. The molecule has 2 rings (SSSR count). The molecule has 0 heterocycles. The Morgan fingerprint density at radius 1 is 1.27 bits per heavy atom. The van der Waals surface area contributed by atoms with Gasteiger partial charge in [-0.15, -0.1) is 0 Å². The highest BCUT2D eigenvalue weighted by Gasteiger charge is 2.20. The molecule has 3 nitrogen and oxygen atoms in total. The summed E-state index contributed by atoms with van der Waals surface area (Å²) in [6, 6.07) is 9.27. The molecule has 0 saturated heterocycles. The molecule has 0 aliphatic carbocycles. The molecule has 0 atom stereocenters. The molecule has 0 saturated carbocycles. The van der Waals surface area contributed by atoms with Gasteiger partial charge in [-0.25, -0.2) is 9.18 Å². The number of alkyl halides is 1. The van der Waals surface area contributed by atoms with Crippen LogP contribution in [-0.4, -0.2) is 12.6 Å². The molecule has 6 heteroatoms. The van der Waals surface area contributed by atoms with Gasteiger partial charge in [0.25, 0.3) is 0 Å². The van der Waals surface area contributed by atoms with E-state index in [-0.39, 0.29) is 28.7 Å². The van der Waals surface area contributed by atoms with Crippen molar-refractivity contribution in [3.63, 3.8) is 0 Å². The van der Waals surface area contributed by atoms with Crippen LogP contribution < -0.4 is 4.74 Å². The van der Waals surface area contributed by atoms with Gasteiger partial charge in [0.2, 0.25) is 0 Å². The standard InChI is InChI=1S/C16H13BrClFO3/c1-2-21-16(20)14-10(9-17)5-3-8-13(14)22-15-11(18)6-4-7-12(15)19/h3-8H,2,9H2,1H3. The van der Waals surface area contributed by atoms with Crippen LogP contribution in [0.15, 0.2) is 36.4 Å². The van der Waals surface area contributed by atoms with Gasteiger partial charge in [0.1, 0.15) is 11.3 Å². The number of benzene rings is 2. The zero-order valence-corrected chi connectivity index (χ0v) is 14.1. The number of carbonyl (C=O) groups is 1. The molecule has 116 valence electrons. The number of halogens is 3. The van der Waals surface area contributed by atoms with Crippen LogP contribution in [0.1, 0.15) is 22.8 Å². The number of carbonyl (C=O) groups excluding carboxylic acids is 1. The van der Waals surface area contributed by atoms with Crippen LogP contribution in [0.5, 0.6) is 11.5 Å². The molecule has 0 radical (unpaired) electrons. The number of esters is 1. The Morgan fingerprint density at radius 3 is 2.64 bits per heavy atom. The van der Waals surface area contributed by atoms with E-state index in [1.807, 2.05) is 0 Å². The van der Waals surface area contributed by atoms with Gasteiger partial charge in [-0.2, -0.15) is 0 Å². The second kappa shape index (κ2) is 7.61. The maximum absolute atomic E-state index is 13.9. The van der Waals surface area contributed by atoms with Crippen LogP contribution in [0, 0.1) is 5.82 Å². The molecule has 0 aromatic heterocycles. The summed E-state index contributed by atoms with van der Waals surface area (Å²) in [5.74, 6) is -1.06. The molecule has 0 spiro atoms. The molecular formula is C16H13BrClFO3. The summed E-state index contributed by atoms with van der Waals surface area (Å²) in [7, 11) is 0. The number of rotatable bonds is 5. The second-order valence-corrected chi connectivity index (χ2v) is 5.27. The van der Waals surface area contributed by atoms with Crippen molar-refractivity contribution in [2.45, 2.75) is 12.3 Å². The maximum atomic E-state index is 13.9. The number of hydrogen-bond acceptors (Lipinski definition) is 3. The minimum Gasteiger partial charge on any atom is -0.462 e. The van der Waals surface area contributed by atoms with Crippen LogP contribution in [0.25, 0.3) is 0 Å². The van der Waals surface area contributed by atoms with E-state index in [9.17, 15) is 9.18 Å². The lowest BCUT2D eigenvalue weighted by atomic mass is 10.1. The summed E-state index contributed by atoms with van der Waals surface area (Å²) >= 11 is 9.27. The predicted octanol–water partition coefficient (Wildman–Crippen LogP) is 5.34. The Bertz CT molecular complexity index is 671. The maximum Gasteiger partial charge on any atom is 0.342 e. The van der Waals surface area contributed by atoms with Crippen LogP contribution in [0.3, 0.4) is 0 Å². The van der Waals surface area contributed by atoms with Gasteiger partial charge in [0.05, 0.1) is 11.6 Å². The highest BCUT2D eigenvalue weighted by atomic mass is 79.9. The van der Waals surface area contributed by atoms with Crippen molar-refractivity contribution in [1.82, 2.24) is 0 Å². The van der Waals surface area contributed by atoms with Gasteiger partial charge >= 0.3 is 5.97 Å². The van der Waals surface area contributed by atoms with E-state index in [0.717, 1.165) is 0 Å². The van der Waals surface area contributed by atoms with Crippen molar-refractivity contribution < 1.29 is 18.7 Å². The zero-order valence-electron chi connectivity index (χ0n) is 11.7. The molecule has 2 aromatic rings. The fourth-order valence-electron chi connectivity index (χ4n) is 1.90. The monoisotopic (exact) mass is 386 g/mol. The van der Waals surface area contributed by atoms with Crippen molar-refractivity contribution in [3.05, 3.63) is 58.4 Å². The zero-order chi connectivity index (χ0) is 16.1. The van der Waals surface area contributed by atoms with Gasteiger partial charge in [-0.1, -0.05) is 45.7 Å². The molecule has 0 aliphatic heterocycles. The Kier molecular flexibility index (Phi) is 5.80. The average Bonchev–Trinajstić information content (AvgIpc) is 2.51. The van der Waals surface area contributed by atoms with Crippen molar-refractivity contribution in [3.8, 4) is 11.5 Å². The largest absolute Gasteiger partial charge is 0.462 e. The van der Waals surface area contributed by atoms with E-state index in [1.54, 1.807) is 25.1 Å². The molecular weight excluding hydrogens is 375 g/mol. The van der Waals surface area contributed by atoms with Crippen LogP contribution in [-0.2, 0) is 10.1 Å². The first kappa shape index (κ1) is 16.8. The lowest BCUT2D eigenvalue weighted by Crippen LogP contribution is -2.09. The molecule has 0 N–H and O–H groups in total. The Labute approximate surface area is 141 Å². The topological polar surface area (TPSA) is 35.5 Å². The van der Waals surface area contributed by atoms with Crippen molar-refractivity contribution in [1.29, 1.82) is 0 Å². The van der Waals surface area contributed by atoms with E-state index >= 15 is 0 Å². The van der Waals surface area contributed by atoms with E-state index in [4.69, 9.17) is 21.1 Å². The smallest absolute Gasteiger partial charge is 0.342 e. The van der Waals surface area contributed by atoms with E-state index in [1.165, 1.54) is 18.2 Å². The highest BCUT2D eigenvalue weighted by molar-refractivity contribution is 9.08. The Balaban J connectivity index is 2.49. The summed E-state index contributed by atoms with van der Waals surface area (Å²) in [6.45, 7) is 1.94. The SMILES string of the molecule is CCOC(=O)c1c(CBr)cccc1Oc1c(F)cccc1Cl. The highest BCUT2D eigenvalue weighted by Crippen LogP contribution is 2.35. The summed E-state index contributed by atoms with van der Waals surface area (Å²) in [4.78, 5) is 12.2. The van der Waals surface area contributed by atoms with Crippen molar-refractivity contribution >= 4 is 33.5 Å². The third kappa shape index (κ3) is 3.59. The lowest BCUT2D eigenvalue weighted by molar-refractivity contribution is 0.0522. The van der Waals surface area contributed by atoms with Crippen LogP contribution in [0.2, 0.25) is 5.02 Å². The first-order valence-corrected chi connectivity index (χ1v) is 8.05. The van der Waals surface area contributed by atoms with Gasteiger partial charge in [0.15, 0.2) is 11.6 Å². The normalized spacial score (nSPS) is 10.4. The van der Waals surface area contributed by atoms with E-state index in [0.29, 0.717) is 10.9 Å². The fraction of sp³-hybridized carbons (Fsp3) is 0.188. The van der Waals surface area contributed by atoms with E-state index in [2.05, 4.69) is 15.9 Å². The summed E-state index contributed by atoms with van der Waals surface area (Å²) in [6.07, 6.45) is 0. The number of ether oxygens (including phenoxy) is 2. The predicted molar refractivity (Wildman–Crippen MR) is 86.5 cm³/mol. The first-order valence-electron chi connectivity index (χ1n) is 6.55. The Morgan fingerprint density at radius 2 is 2.00 bits per heavy atom.